The first-order valence-electron chi connectivity index (χ1n) is 5.58. The molecule has 0 saturated carbocycles. The number of aliphatic hydroxyl groups is 1. The first kappa shape index (κ1) is 12.8. The van der Waals surface area contributed by atoms with E-state index < -0.39 is 6.10 Å². The Hall–Kier alpha value is -1.22. The third-order valence-electron chi connectivity index (χ3n) is 2.08. The van der Waals surface area contributed by atoms with Crippen molar-refractivity contribution in [3.63, 3.8) is 0 Å². The van der Waals surface area contributed by atoms with Gasteiger partial charge in [-0.3, -0.25) is 0 Å². The summed E-state index contributed by atoms with van der Waals surface area (Å²) in [6.07, 6.45) is -0.320. The van der Waals surface area contributed by atoms with Crippen LogP contribution >= 0.6 is 0 Å². The van der Waals surface area contributed by atoms with Crippen LogP contribution in [-0.2, 0) is 0 Å². The lowest BCUT2D eigenvalue weighted by Gasteiger charge is -2.16. The van der Waals surface area contributed by atoms with Gasteiger partial charge in [0.15, 0.2) is 0 Å². The topological polar surface area (TPSA) is 38.7 Å². The van der Waals surface area contributed by atoms with E-state index in [0.29, 0.717) is 6.61 Å². The van der Waals surface area contributed by atoms with Crippen LogP contribution in [0.2, 0.25) is 0 Å². The van der Waals surface area contributed by atoms with Gasteiger partial charge in [0, 0.05) is 5.56 Å². The summed E-state index contributed by atoms with van der Waals surface area (Å²) in [5.41, 5.74) is 0.969. The molecule has 0 aliphatic heterocycles. The highest BCUT2D eigenvalue weighted by Crippen LogP contribution is 2.28. The molecule has 0 spiro atoms. The molecule has 0 bridgehead atoms. The first-order valence-corrected chi connectivity index (χ1v) is 5.58. The summed E-state index contributed by atoms with van der Waals surface area (Å²) in [6, 6.07) is 5.69. The van der Waals surface area contributed by atoms with Gasteiger partial charge in [0.05, 0.1) is 12.2 Å². The molecule has 1 N–H and O–H groups in total. The lowest BCUT2D eigenvalue weighted by Crippen LogP contribution is -2.14. The van der Waals surface area contributed by atoms with Crippen LogP contribution in [0.25, 0.3) is 0 Å². The van der Waals surface area contributed by atoms with Crippen LogP contribution in [0, 0.1) is 6.92 Å². The fourth-order valence-electron chi connectivity index (χ4n) is 1.34. The van der Waals surface area contributed by atoms with Crippen molar-refractivity contribution < 1.29 is 14.6 Å². The molecule has 16 heavy (non-hydrogen) atoms. The van der Waals surface area contributed by atoms with Gasteiger partial charge >= 0.3 is 0 Å². The van der Waals surface area contributed by atoms with Crippen molar-refractivity contribution >= 4 is 0 Å². The van der Waals surface area contributed by atoms with Crippen LogP contribution in [0.1, 0.15) is 26.3 Å². The van der Waals surface area contributed by atoms with E-state index in [1.165, 1.54) is 0 Å². The van der Waals surface area contributed by atoms with Gasteiger partial charge in [-0.05, 0) is 39.8 Å². The van der Waals surface area contributed by atoms with Crippen molar-refractivity contribution in [1.82, 2.24) is 0 Å². The average molecular weight is 224 g/mol. The van der Waals surface area contributed by atoms with Crippen molar-refractivity contribution in [3.05, 3.63) is 23.8 Å². The lowest BCUT2D eigenvalue weighted by molar-refractivity contribution is 0.122. The largest absolute Gasteiger partial charge is 0.491 e. The highest BCUT2D eigenvalue weighted by atomic mass is 16.5. The van der Waals surface area contributed by atoms with Gasteiger partial charge in [-0.25, -0.2) is 0 Å². The van der Waals surface area contributed by atoms with E-state index in [1.54, 1.807) is 6.92 Å². The van der Waals surface area contributed by atoms with Crippen LogP contribution in [0.4, 0.5) is 0 Å². The highest BCUT2D eigenvalue weighted by Gasteiger charge is 2.08. The fraction of sp³-hybridized carbons (Fsp3) is 0.538. The lowest BCUT2D eigenvalue weighted by atomic mass is 10.2. The summed E-state index contributed by atoms with van der Waals surface area (Å²) in [6.45, 7) is 7.93. The number of benzene rings is 1. The molecule has 0 fully saturated rings. The third-order valence-corrected chi connectivity index (χ3v) is 2.08. The van der Waals surface area contributed by atoms with Crippen molar-refractivity contribution in [3.8, 4) is 11.5 Å². The summed E-state index contributed by atoms with van der Waals surface area (Å²) >= 11 is 0. The fourth-order valence-corrected chi connectivity index (χ4v) is 1.34. The van der Waals surface area contributed by atoms with Crippen LogP contribution < -0.4 is 9.47 Å². The van der Waals surface area contributed by atoms with E-state index in [9.17, 15) is 0 Å². The highest BCUT2D eigenvalue weighted by molar-refractivity contribution is 5.43. The maximum Gasteiger partial charge on any atom is 0.126 e. The second kappa shape index (κ2) is 5.75. The Morgan fingerprint density at radius 1 is 1.19 bits per heavy atom. The van der Waals surface area contributed by atoms with Crippen LogP contribution in [0.3, 0.4) is 0 Å². The van der Waals surface area contributed by atoms with E-state index in [2.05, 4.69) is 0 Å². The summed E-state index contributed by atoms with van der Waals surface area (Å²) in [7, 11) is 0. The van der Waals surface area contributed by atoms with Crippen molar-refractivity contribution in [2.24, 2.45) is 0 Å². The number of ether oxygens (including phenoxy) is 2. The van der Waals surface area contributed by atoms with Gasteiger partial charge in [-0.15, -0.1) is 0 Å². The molecule has 3 nitrogen and oxygen atoms in total. The maximum absolute atomic E-state index is 9.16. The average Bonchev–Trinajstić information content (AvgIpc) is 2.18. The molecule has 0 radical (unpaired) electrons. The minimum absolute atomic E-state index is 0.144. The van der Waals surface area contributed by atoms with E-state index in [4.69, 9.17) is 14.6 Å². The second-order valence-electron chi connectivity index (χ2n) is 4.21. The molecule has 1 rings (SSSR count). The number of hydrogen-bond donors (Lipinski definition) is 1. The van der Waals surface area contributed by atoms with Gasteiger partial charge in [-0.1, -0.05) is 6.07 Å². The SMILES string of the molecule is Cc1c(OCC(C)O)cccc1OC(C)C. The molecule has 90 valence electrons. The Morgan fingerprint density at radius 3 is 2.38 bits per heavy atom. The maximum atomic E-state index is 9.16. The minimum Gasteiger partial charge on any atom is -0.491 e. The van der Waals surface area contributed by atoms with Gasteiger partial charge in [0.2, 0.25) is 0 Å². The molecule has 1 aromatic rings. The smallest absolute Gasteiger partial charge is 0.126 e. The monoisotopic (exact) mass is 224 g/mol. The second-order valence-corrected chi connectivity index (χ2v) is 4.21. The molecule has 0 aromatic heterocycles. The quantitative estimate of drug-likeness (QED) is 0.835. The Morgan fingerprint density at radius 2 is 1.81 bits per heavy atom. The van der Waals surface area contributed by atoms with Crippen LogP contribution in [-0.4, -0.2) is 23.9 Å². The summed E-state index contributed by atoms with van der Waals surface area (Å²) in [5.74, 6) is 1.59. The van der Waals surface area contributed by atoms with E-state index in [-0.39, 0.29) is 6.10 Å². The Kier molecular flexibility index (Phi) is 4.62. The summed E-state index contributed by atoms with van der Waals surface area (Å²) in [5, 5.41) is 9.16. The molecule has 1 aromatic carbocycles. The molecule has 3 heteroatoms. The van der Waals surface area contributed by atoms with Gasteiger partial charge < -0.3 is 14.6 Å². The van der Waals surface area contributed by atoms with Crippen molar-refractivity contribution in [1.29, 1.82) is 0 Å². The Labute approximate surface area is 97.0 Å². The predicted molar refractivity (Wildman–Crippen MR) is 64.1 cm³/mol. The van der Waals surface area contributed by atoms with Crippen LogP contribution in [0.5, 0.6) is 11.5 Å². The third kappa shape index (κ3) is 3.74. The van der Waals surface area contributed by atoms with Crippen LogP contribution in [0.15, 0.2) is 18.2 Å². The van der Waals surface area contributed by atoms with E-state index in [1.807, 2.05) is 39.0 Å². The molecular formula is C13H20O3. The Balaban J connectivity index is 2.78. The zero-order valence-electron chi connectivity index (χ0n) is 10.4. The number of aliphatic hydroxyl groups excluding tert-OH is 1. The molecule has 1 atom stereocenters. The Bertz CT molecular complexity index is 332. The normalized spacial score (nSPS) is 12.6. The predicted octanol–water partition coefficient (Wildman–Crippen LogP) is 2.54. The molecule has 0 amide bonds. The first-order chi connectivity index (χ1) is 7.50. The molecular weight excluding hydrogens is 204 g/mol. The van der Waals surface area contributed by atoms with Crippen molar-refractivity contribution in [2.75, 3.05) is 6.61 Å². The zero-order chi connectivity index (χ0) is 12.1. The van der Waals surface area contributed by atoms with E-state index >= 15 is 0 Å². The van der Waals surface area contributed by atoms with E-state index in [0.717, 1.165) is 17.1 Å². The molecule has 1 unspecified atom stereocenters. The molecule has 0 saturated heterocycles. The number of rotatable bonds is 5. The molecule has 0 aliphatic carbocycles. The van der Waals surface area contributed by atoms with Crippen molar-refractivity contribution in [2.45, 2.75) is 39.9 Å². The molecule has 0 heterocycles. The molecule has 0 aliphatic rings. The standard InChI is InChI=1S/C13H20O3/c1-9(2)16-13-7-5-6-12(11(13)4)15-8-10(3)14/h5-7,9-10,14H,8H2,1-4H3. The number of hydrogen-bond acceptors (Lipinski definition) is 3. The zero-order valence-corrected chi connectivity index (χ0v) is 10.4. The summed E-state index contributed by atoms with van der Waals surface area (Å²) < 4.78 is 11.1. The minimum atomic E-state index is -0.464. The summed E-state index contributed by atoms with van der Waals surface area (Å²) in [4.78, 5) is 0. The van der Waals surface area contributed by atoms with Gasteiger partial charge in [0.1, 0.15) is 18.1 Å². The van der Waals surface area contributed by atoms with Gasteiger partial charge in [-0.2, -0.15) is 0 Å². The van der Waals surface area contributed by atoms with Gasteiger partial charge in [0.25, 0.3) is 0 Å².